The van der Waals surface area contributed by atoms with E-state index in [1.165, 1.54) is 0 Å². The van der Waals surface area contributed by atoms with E-state index in [1.54, 1.807) is 0 Å². The molecule has 0 radical (unpaired) electrons. The zero-order valence-electron chi connectivity index (χ0n) is 8.99. The van der Waals surface area contributed by atoms with Crippen LogP contribution in [0.25, 0.3) is 0 Å². The average molecular weight is 279 g/mol. The summed E-state index contributed by atoms with van der Waals surface area (Å²) in [4.78, 5) is 24.6. The van der Waals surface area contributed by atoms with Crippen LogP contribution in [0.15, 0.2) is 15.8 Å². The van der Waals surface area contributed by atoms with Crippen LogP contribution in [-0.2, 0) is 4.74 Å². The van der Waals surface area contributed by atoms with Crippen molar-refractivity contribution < 1.29 is 20.1 Å². The van der Waals surface area contributed by atoms with E-state index in [0.29, 0.717) is 0 Å². The van der Waals surface area contributed by atoms with Gasteiger partial charge in [0.1, 0.15) is 23.3 Å². The number of halogens is 1. The summed E-state index contributed by atoms with van der Waals surface area (Å²) in [6.07, 6.45) is -3.98. The maximum atomic E-state index is 11.5. The fourth-order valence-electron chi connectivity index (χ4n) is 1.76. The molecule has 1 saturated heterocycles. The van der Waals surface area contributed by atoms with E-state index < -0.39 is 42.4 Å². The van der Waals surface area contributed by atoms with Crippen molar-refractivity contribution in [2.24, 2.45) is 0 Å². The molecule has 0 spiro atoms. The van der Waals surface area contributed by atoms with Gasteiger partial charge in [-0.2, -0.15) is 0 Å². The van der Waals surface area contributed by atoms with Gasteiger partial charge in [-0.25, -0.2) is 4.79 Å². The molecule has 2 heterocycles. The standard InChI is InChI=1S/C9H11ClN2O6/c10-3-1-12(9(17)11-7(3)16)8-6(15)5(14)4(2-13)18-8/h1,4-6,8,13-15H,2H2,(H,11,16,17)/t4-,5-,6+,8+/m1/s1. The number of aromatic amines is 1. The smallest absolute Gasteiger partial charge is 0.330 e. The Kier molecular flexibility index (Phi) is 3.55. The molecule has 0 bridgehead atoms. The van der Waals surface area contributed by atoms with Crippen LogP contribution in [-0.4, -0.2) is 49.8 Å². The first kappa shape index (κ1) is 13.2. The van der Waals surface area contributed by atoms with E-state index in [2.05, 4.69) is 0 Å². The molecular formula is C9H11ClN2O6. The Morgan fingerprint density at radius 2 is 2.06 bits per heavy atom. The van der Waals surface area contributed by atoms with E-state index in [9.17, 15) is 19.8 Å². The minimum Gasteiger partial charge on any atom is -0.394 e. The highest BCUT2D eigenvalue weighted by Gasteiger charge is 2.43. The fourth-order valence-corrected chi connectivity index (χ4v) is 1.91. The predicted molar refractivity (Wildman–Crippen MR) is 59.3 cm³/mol. The molecule has 4 atom stereocenters. The number of nitrogens with zero attached hydrogens (tertiary/aromatic N) is 1. The molecule has 1 aromatic rings. The average Bonchev–Trinajstić information content (AvgIpc) is 2.61. The van der Waals surface area contributed by atoms with Crippen molar-refractivity contribution in [3.8, 4) is 0 Å². The first-order chi connectivity index (χ1) is 8.45. The van der Waals surface area contributed by atoms with Gasteiger partial charge in [-0.15, -0.1) is 0 Å². The van der Waals surface area contributed by atoms with Crippen LogP contribution in [0.5, 0.6) is 0 Å². The second kappa shape index (κ2) is 4.82. The summed E-state index contributed by atoms with van der Waals surface area (Å²) < 4.78 is 5.98. The lowest BCUT2D eigenvalue weighted by atomic mass is 10.1. The number of nitrogens with one attached hydrogen (secondary N) is 1. The van der Waals surface area contributed by atoms with Crippen LogP contribution >= 0.6 is 11.6 Å². The van der Waals surface area contributed by atoms with Gasteiger partial charge in [0.2, 0.25) is 0 Å². The number of H-pyrrole nitrogens is 1. The number of rotatable bonds is 2. The van der Waals surface area contributed by atoms with Gasteiger partial charge in [0, 0.05) is 6.20 Å². The Bertz CT molecular complexity index is 555. The summed E-state index contributed by atoms with van der Waals surface area (Å²) in [5, 5.41) is 27.9. The minimum absolute atomic E-state index is 0.257. The SMILES string of the molecule is O=c1[nH]c(=O)n([C@H]2O[C@H](CO)[C@@H](O)[C@@H]2O)cc1Cl. The maximum Gasteiger partial charge on any atom is 0.330 e. The van der Waals surface area contributed by atoms with Gasteiger partial charge in [0.15, 0.2) is 6.23 Å². The molecule has 0 amide bonds. The van der Waals surface area contributed by atoms with E-state index in [1.807, 2.05) is 4.98 Å². The molecule has 100 valence electrons. The predicted octanol–water partition coefficient (Wildman–Crippen LogP) is -2.20. The van der Waals surface area contributed by atoms with E-state index in [0.717, 1.165) is 10.8 Å². The monoisotopic (exact) mass is 278 g/mol. The normalized spacial score (nSPS) is 31.8. The molecule has 18 heavy (non-hydrogen) atoms. The Morgan fingerprint density at radius 3 is 2.61 bits per heavy atom. The van der Waals surface area contributed by atoms with Crippen LogP contribution in [0.3, 0.4) is 0 Å². The lowest BCUT2D eigenvalue weighted by molar-refractivity contribution is -0.0550. The quantitative estimate of drug-likeness (QED) is 0.487. The van der Waals surface area contributed by atoms with Gasteiger partial charge in [-0.3, -0.25) is 14.3 Å². The molecule has 1 aliphatic rings. The Hall–Kier alpha value is -1.19. The summed E-state index contributed by atoms with van der Waals surface area (Å²) in [5.41, 5.74) is -1.59. The fraction of sp³-hybridized carbons (Fsp3) is 0.556. The van der Waals surface area contributed by atoms with Gasteiger partial charge in [-0.1, -0.05) is 11.6 Å². The number of hydrogen-bond acceptors (Lipinski definition) is 6. The van der Waals surface area contributed by atoms with Crippen LogP contribution in [0.1, 0.15) is 6.23 Å². The second-order valence-corrected chi connectivity index (χ2v) is 4.28. The molecule has 4 N–H and O–H groups in total. The van der Waals surface area contributed by atoms with Gasteiger partial charge in [-0.05, 0) is 0 Å². The van der Waals surface area contributed by atoms with Crippen LogP contribution in [0, 0.1) is 0 Å². The van der Waals surface area contributed by atoms with Crippen molar-refractivity contribution in [2.45, 2.75) is 24.5 Å². The van der Waals surface area contributed by atoms with Crippen molar-refractivity contribution in [1.82, 2.24) is 9.55 Å². The third kappa shape index (κ3) is 2.08. The first-order valence-electron chi connectivity index (χ1n) is 5.09. The highest BCUT2D eigenvalue weighted by molar-refractivity contribution is 6.30. The Morgan fingerprint density at radius 1 is 1.39 bits per heavy atom. The highest BCUT2D eigenvalue weighted by Crippen LogP contribution is 2.28. The third-order valence-corrected chi connectivity index (χ3v) is 2.98. The van der Waals surface area contributed by atoms with E-state index >= 15 is 0 Å². The largest absolute Gasteiger partial charge is 0.394 e. The Balaban J connectivity index is 2.42. The molecule has 1 aliphatic heterocycles. The van der Waals surface area contributed by atoms with E-state index in [4.69, 9.17) is 21.4 Å². The van der Waals surface area contributed by atoms with Crippen molar-refractivity contribution in [3.63, 3.8) is 0 Å². The first-order valence-corrected chi connectivity index (χ1v) is 5.47. The number of aliphatic hydroxyl groups is 3. The maximum absolute atomic E-state index is 11.5. The molecule has 0 aromatic carbocycles. The lowest BCUT2D eigenvalue weighted by Gasteiger charge is -2.17. The van der Waals surface area contributed by atoms with Crippen LogP contribution in [0.2, 0.25) is 5.02 Å². The summed E-state index contributed by atoms with van der Waals surface area (Å²) in [7, 11) is 0. The van der Waals surface area contributed by atoms with Crippen molar-refractivity contribution in [2.75, 3.05) is 6.61 Å². The summed E-state index contributed by atoms with van der Waals surface area (Å²) in [6, 6.07) is 0. The molecule has 0 unspecified atom stereocenters. The van der Waals surface area contributed by atoms with Gasteiger partial charge < -0.3 is 20.1 Å². The van der Waals surface area contributed by atoms with Crippen molar-refractivity contribution in [1.29, 1.82) is 0 Å². The lowest BCUT2D eigenvalue weighted by Crippen LogP contribution is -2.38. The number of aromatic nitrogens is 2. The zero-order valence-corrected chi connectivity index (χ0v) is 9.74. The summed E-state index contributed by atoms with van der Waals surface area (Å²) in [6.45, 7) is -0.513. The number of ether oxygens (including phenoxy) is 1. The molecule has 2 rings (SSSR count). The van der Waals surface area contributed by atoms with E-state index in [-0.39, 0.29) is 5.02 Å². The van der Waals surface area contributed by atoms with Crippen molar-refractivity contribution in [3.05, 3.63) is 32.1 Å². The summed E-state index contributed by atoms with van der Waals surface area (Å²) >= 11 is 5.57. The molecule has 9 heteroatoms. The number of aliphatic hydroxyl groups excluding tert-OH is 3. The highest BCUT2D eigenvalue weighted by atomic mass is 35.5. The van der Waals surface area contributed by atoms with Crippen LogP contribution < -0.4 is 11.2 Å². The molecule has 0 saturated carbocycles. The number of hydrogen-bond donors (Lipinski definition) is 4. The molecule has 8 nitrogen and oxygen atoms in total. The second-order valence-electron chi connectivity index (χ2n) is 3.87. The zero-order chi connectivity index (χ0) is 13.4. The molecular weight excluding hydrogens is 268 g/mol. The molecule has 1 fully saturated rings. The Labute approximate surface area is 105 Å². The third-order valence-electron chi connectivity index (χ3n) is 2.72. The molecule has 1 aromatic heterocycles. The summed E-state index contributed by atoms with van der Waals surface area (Å²) in [5.74, 6) is 0. The topological polar surface area (TPSA) is 125 Å². The minimum atomic E-state index is -1.41. The van der Waals surface area contributed by atoms with Gasteiger partial charge in [0.05, 0.1) is 6.61 Å². The van der Waals surface area contributed by atoms with Crippen molar-refractivity contribution >= 4 is 11.6 Å². The molecule has 0 aliphatic carbocycles. The van der Waals surface area contributed by atoms with Gasteiger partial charge >= 0.3 is 5.69 Å². The van der Waals surface area contributed by atoms with Gasteiger partial charge in [0.25, 0.3) is 5.56 Å². The van der Waals surface area contributed by atoms with Crippen LogP contribution in [0.4, 0.5) is 0 Å².